The molecule has 2 fully saturated rings. The van der Waals surface area contributed by atoms with Crippen LogP contribution in [0.4, 0.5) is 0 Å². The fraction of sp³-hybridized carbons (Fsp3) is 0.750. The second kappa shape index (κ2) is 1.60. The minimum Gasteiger partial charge on any atom is -0.298 e. The van der Waals surface area contributed by atoms with Gasteiger partial charge in [-0.15, -0.1) is 0 Å². The lowest BCUT2D eigenvalue weighted by atomic mass is 10.1. The van der Waals surface area contributed by atoms with Gasteiger partial charge in [0.05, 0.1) is 12.5 Å². The summed E-state index contributed by atoms with van der Waals surface area (Å²) in [5.41, 5.74) is 0.438. The second-order valence-corrected chi connectivity index (χ2v) is 3.42. The lowest BCUT2D eigenvalue weighted by Crippen LogP contribution is -2.00. The van der Waals surface area contributed by atoms with E-state index in [9.17, 15) is 4.79 Å². The molecule has 1 atom stereocenters. The number of nitriles is 1. The van der Waals surface area contributed by atoms with Gasteiger partial charge in [-0.25, -0.2) is 0 Å². The Kier molecular flexibility index (Phi) is 0.947. The highest BCUT2D eigenvalue weighted by Gasteiger charge is 2.65. The number of nitrogens with zero attached hydrogens (tertiary/aromatic N) is 1. The zero-order chi connectivity index (χ0) is 7.19. The maximum Gasteiger partial charge on any atom is 0.150 e. The highest BCUT2D eigenvalue weighted by molar-refractivity contribution is 5.87. The van der Waals surface area contributed by atoms with Gasteiger partial charge in [-0.2, -0.15) is 5.26 Å². The molecule has 0 saturated heterocycles. The molecule has 2 saturated carbocycles. The Morgan fingerprint density at radius 1 is 1.70 bits per heavy atom. The van der Waals surface area contributed by atoms with E-state index in [0.29, 0.717) is 5.41 Å². The molecular formula is C8H9NO. The average Bonchev–Trinajstić information content (AvgIpc) is 2.76. The average molecular weight is 135 g/mol. The molecule has 0 radical (unpaired) electrons. The molecule has 10 heavy (non-hydrogen) atoms. The van der Waals surface area contributed by atoms with E-state index in [0.717, 1.165) is 6.42 Å². The first kappa shape index (κ1) is 5.91. The first-order valence-corrected chi connectivity index (χ1v) is 3.68. The smallest absolute Gasteiger partial charge is 0.150 e. The lowest BCUT2D eigenvalue weighted by Gasteiger charge is -1.87. The number of rotatable bonds is 2. The topological polar surface area (TPSA) is 40.9 Å². The van der Waals surface area contributed by atoms with Crippen LogP contribution >= 0.6 is 0 Å². The summed E-state index contributed by atoms with van der Waals surface area (Å²) in [5, 5.41) is 8.23. The Labute approximate surface area is 59.8 Å². The van der Waals surface area contributed by atoms with Gasteiger partial charge in [0.2, 0.25) is 0 Å². The molecule has 2 heteroatoms. The van der Waals surface area contributed by atoms with Gasteiger partial charge in [0.1, 0.15) is 0 Å². The highest BCUT2D eigenvalue weighted by atomic mass is 16.1. The zero-order valence-electron chi connectivity index (χ0n) is 5.76. The molecule has 0 aromatic heterocycles. The highest BCUT2D eigenvalue weighted by Crippen LogP contribution is 2.70. The summed E-state index contributed by atoms with van der Waals surface area (Å²) in [6.07, 6.45) is 3.67. The lowest BCUT2D eigenvalue weighted by molar-refractivity contribution is -0.119. The molecule has 2 rings (SSSR count). The fourth-order valence-corrected chi connectivity index (χ4v) is 1.72. The summed E-state index contributed by atoms with van der Waals surface area (Å²) in [6.45, 7) is 0. The normalized spacial score (nSPS) is 31.3. The van der Waals surface area contributed by atoms with E-state index in [1.54, 1.807) is 0 Å². The van der Waals surface area contributed by atoms with Crippen LogP contribution in [0.5, 0.6) is 0 Å². The van der Waals surface area contributed by atoms with Crippen molar-refractivity contribution in [2.24, 2.45) is 11.3 Å². The van der Waals surface area contributed by atoms with Crippen LogP contribution < -0.4 is 0 Å². The fourth-order valence-electron chi connectivity index (χ4n) is 1.72. The molecule has 0 N–H and O–H groups in total. The van der Waals surface area contributed by atoms with Gasteiger partial charge in [-0.1, -0.05) is 0 Å². The summed E-state index contributed by atoms with van der Waals surface area (Å²) < 4.78 is 0. The van der Waals surface area contributed by atoms with Crippen molar-refractivity contribution in [1.82, 2.24) is 0 Å². The first-order valence-electron chi connectivity index (χ1n) is 3.68. The van der Waals surface area contributed by atoms with Crippen molar-refractivity contribution in [3.63, 3.8) is 0 Å². The van der Waals surface area contributed by atoms with Gasteiger partial charge in [0.25, 0.3) is 0 Å². The molecule has 1 spiro atoms. The molecule has 0 aromatic carbocycles. The van der Waals surface area contributed by atoms with Gasteiger partial charge in [-0.05, 0) is 24.7 Å². The molecule has 0 aromatic rings. The maximum absolute atomic E-state index is 11.0. The third kappa shape index (κ3) is 0.668. The van der Waals surface area contributed by atoms with Crippen molar-refractivity contribution in [2.45, 2.75) is 25.7 Å². The van der Waals surface area contributed by atoms with Gasteiger partial charge in [0.15, 0.2) is 5.78 Å². The summed E-state index contributed by atoms with van der Waals surface area (Å²) in [5.74, 6) is 0.465. The van der Waals surface area contributed by atoms with E-state index >= 15 is 0 Å². The first-order chi connectivity index (χ1) is 4.78. The quantitative estimate of drug-likeness (QED) is 0.572. The van der Waals surface area contributed by atoms with Crippen LogP contribution in [0, 0.1) is 22.7 Å². The van der Waals surface area contributed by atoms with Crippen LogP contribution in [0.1, 0.15) is 25.7 Å². The second-order valence-electron chi connectivity index (χ2n) is 3.42. The Balaban J connectivity index is 1.92. The Bertz CT molecular complexity index is 222. The number of hydrogen-bond acceptors (Lipinski definition) is 2. The van der Waals surface area contributed by atoms with Crippen LogP contribution in [0.15, 0.2) is 0 Å². The molecule has 2 nitrogen and oxygen atoms in total. The predicted molar refractivity (Wildman–Crippen MR) is 35.0 cm³/mol. The Morgan fingerprint density at radius 3 is 2.80 bits per heavy atom. The molecule has 0 amide bonds. The van der Waals surface area contributed by atoms with Crippen molar-refractivity contribution in [1.29, 1.82) is 5.26 Å². The number of hydrogen-bond donors (Lipinski definition) is 0. The van der Waals surface area contributed by atoms with Gasteiger partial charge < -0.3 is 0 Å². The minimum absolute atomic E-state index is 0.131. The molecule has 0 heterocycles. The molecule has 52 valence electrons. The van der Waals surface area contributed by atoms with Crippen LogP contribution in [-0.2, 0) is 4.79 Å². The van der Waals surface area contributed by atoms with Crippen molar-refractivity contribution < 1.29 is 4.79 Å². The van der Waals surface area contributed by atoms with Gasteiger partial charge in [0, 0.05) is 5.92 Å². The van der Waals surface area contributed by atoms with Crippen molar-refractivity contribution >= 4 is 5.78 Å². The molecule has 2 aliphatic carbocycles. The predicted octanol–water partition coefficient (Wildman–Crippen LogP) is 1.27. The van der Waals surface area contributed by atoms with Gasteiger partial charge in [-0.3, -0.25) is 4.79 Å². The minimum atomic E-state index is 0.131. The van der Waals surface area contributed by atoms with Crippen molar-refractivity contribution in [2.75, 3.05) is 0 Å². The van der Waals surface area contributed by atoms with Crippen LogP contribution in [-0.4, -0.2) is 5.78 Å². The van der Waals surface area contributed by atoms with E-state index in [2.05, 4.69) is 0 Å². The maximum atomic E-state index is 11.0. The van der Waals surface area contributed by atoms with Gasteiger partial charge >= 0.3 is 0 Å². The number of ketones is 1. The third-order valence-electron chi connectivity index (χ3n) is 2.72. The summed E-state index contributed by atoms with van der Waals surface area (Å²) in [7, 11) is 0. The largest absolute Gasteiger partial charge is 0.298 e. The zero-order valence-corrected chi connectivity index (χ0v) is 5.76. The van der Waals surface area contributed by atoms with Crippen molar-refractivity contribution in [3.8, 4) is 6.07 Å². The molecule has 1 unspecified atom stereocenters. The summed E-state index contributed by atoms with van der Waals surface area (Å²) in [4.78, 5) is 11.0. The van der Waals surface area contributed by atoms with Crippen molar-refractivity contribution in [3.05, 3.63) is 0 Å². The van der Waals surface area contributed by atoms with Crippen LogP contribution in [0.3, 0.4) is 0 Å². The molecule has 0 aliphatic heterocycles. The molecule has 2 aliphatic rings. The van der Waals surface area contributed by atoms with Crippen LogP contribution in [0.2, 0.25) is 0 Å². The van der Waals surface area contributed by atoms with E-state index in [4.69, 9.17) is 5.26 Å². The van der Waals surface area contributed by atoms with Crippen LogP contribution in [0.25, 0.3) is 0 Å². The van der Waals surface area contributed by atoms with E-state index < -0.39 is 0 Å². The SMILES string of the molecule is N#CCC(=O)C1CC12CC2. The van der Waals surface area contributed by atoms with E-state index in [-0.39, 0.29) is 18.1 Å². The standard InChI is InChI=1S/C8H9NO/c9-4-1-7(10)6-5-8(6)2-3-8/h6H,1-3,5H2. The number of carbonyl (C=O) groups excluding carboxylic acids is 1. The third-order valence-corrected chi connectivity index (χ3v) is 2.72. The van der Waals surface area contributed by atoms with E-state index in [1.165, 1.54) is 12.8 Å². The number of Topliss-reactive ketones (excluding diaryl/α,β-unsaturated/α-hetero) is 1. The molecule has 0 bridgehead atoms. The Hall–Kier alpha value is -0.840. The van der Waals surface area contributed by atoms with E-state index in [1.807, 2.05) is 6.07 Å². The monoisotopic (exact) mass is 135 g/mol. The Morgan fingerprint density at radius 2 is 2.40 bits per heavy atom. The summed E-state index contributed by atoms with van der Waals surface area (Å²) >= 11 is 0. The summed E-state index contributed by atoms with van der Waals surface area (Å²) in [6, 6.07) is 1.90. The number of carbonyl (C=O) groups is 1. The molecular weight excluding hydrogens is 126 g/mol.